The van der Waals surface area contributed by atoms with Gasteiger partial charge in [-0.2, -0.15) is 0 Å². The number of amides is 1. The highest BCUT2D eigenvalue weighted by Gasteiger charge is 2.23. The third-order valence-corrected chi connectivity index (χ3v) is 2.67. The number of rotatable bonds is 4. The molecule has 0 radical (unpaired) electrons. The maximum Gasteiger partial charge on any atom is 0.257 e. The Morgan fingerprint density at radius 2 is 2.29 bits per heavy atom. The molecule has 1 amide bonds. The zero-order valence-corrected chi connectivity index (χ0v) is 10.0. The first kappa shape index (κ1) is 11.7. The fraction of sp³-hybridized carbons (Fsp3) is 0.417. The molecular formula is C12H16N2O3. The van der Waals surface area contributed by atoms with E-state index >= 15 is 0 Å². The first-order valence-electron chi connectivity index (χ1n) is 5.52. The van der Waals surface area contributed by atoms with Gasteiger partial charge in [-0.05, 0) is 19.2 Å². The number of nitrogens with one attached hydrogen (secondary N) is 1. The fourth-order valence-corrected chi connectivity index (χ4v) is 1.69. The Labute approximate surface area is 100 Å². The van der Waals surface area contributed by atoms with E-state index < -0.39 is 0 Å². The van der Waals surface area contributed by atoms with Gasteiger partial charge in [-0.3, -0.25) is 4.79 Å². The molecule has 2 rings (SSSR count). The molecule has 1 aliphatic rings. The van der Waals surface area contributed by atoms with E-state index in [1.807, 2.05) is 7.05 Å². The molecule has 0 bridgehead atoms. The highest BCUT2D eigenvalue weighted by molar-refractivity contribution is 5.97. The average molecular weight is 236 g/mol. The Kier molecular flexibility index (Phi) is 3.49. The average Bonchev–Trinajstić information content (AvgIpc) is 2.82. The molecule has 5 heteroatoms. The first-order valence-corrected chi connectivity index (χ1v) is 5.52. The van der Waals surface area contributed by atoms with Crippen LogP contribution in [0.25, 0.3) is 0 Å². The van der Waals surface area contributed by atoms with E-state index in [2.05, 4.69) is 5.32 Å². The van der Waals surface area contributed by atoms with Gasteiger partial charge in [0.25, 0.3) is 5.91 Å². The zero-order chi connectivity index (χ0) is 12.3. The molecule has 0 fully saturated rings. The molecule has 1 aromatic rings. The number of fused-ring (bicyclic) bond motifs is 1. The summed E-state index contributed by atoms with van der Waals surface area (Å²) in [6.07, 6.45) is 0. The van der Waals surface area contributed by atoms with Gasteiger partial charge >= 0.3 is 0 Å². The van der Waals surface area contributed by atoms with Crippen molar-refractivity contribution in [1.29, 1.82) is 0 Å². The number of para-hydroxylation sites is 1. The molecule has 1 heterocycles. The second kappa shape index (κ2) is 5.05. The number of carbonyl (C=O) groups excluding carboxylic acids is 1. The number of nitrogens with zero attached hydrogens (tertiary/aromatic N) is 1. The van der Waals surface area contributed by atoms with Gasteiger partial charge in [0.1, 0.15) is 0 Å². The standard InChI is InChI=1S/C12H16N2O3/c1-13-6-7-14(2)12(15)9-4-3-5-10-11(9)17-8-16-10/h3-5,13H,6-8H2,1-2H3. The van der Waals surface area contributed by atoms with Crippen LogP contribution in [0.2, 0.25) is 0 Å². The van der Waals surface area contributed by atoms with E-state index in [1.54, 1.807) is 30.1 Å². The lowest BCUT2D eigenvalue weighted by Crippen LogP contribution is -2.32. The van der Waals surface area contributed by atoms with Gasteiger partial charge in [-0.15, -0.1) is 0 Å². The monoisotopic (exact) mass is 236 g/mol. The van der Waals surface area contributed by atoms with E-state index in [9.17, 15) is 4.79 Å². The quantitative estimate of drug-likeness (QED) is 0.836. The van der Waals surface area contributed by atoms with Crippen LogP contribution in [0.3, 0.4) is 0 Å². The Balaban J connectivity index is 2.17. The lowest BCUT2D eigenvalue weighted by molar-refractivity contribution is 0.0792. The molecular weight excluding hydrogens is 220 g/mol. The van der Waals surface area contributed by atoms with Crippen molar-refractivity contribution in [3.8, 4) is 11.5 Å². The Morgan fingerprint density at radius 3 is 3.06 bits per heavy atom. The molecule has 92 valence electrons. The highest BCUT2D eigenvalue weighted by atomic mass is 16.7. The lowest BCUT2D eigenvalue weighted by atomic mass is 10.1. The van der Waals surface area contributed by atoms with Gasteiger partial charge in [0.2, 0.25) is 6.79 Å². The normalized spacial score (nSPS) is 12.6. The molecule has 0 aromatic heterocycles. The first-order chi connectivity index (χ1) is 8.24. The summed E-state index contributed by atoms with van der Waals surface area (Å²) in [6, 6.07) is 5.35. The molecule has 1 aromatic carbocycles. The molecule has 0 saturated heterocycles. The topological polar surface area (TPSA) is 50.8 Å². The third kappa shape index (κ3) is 2.34. The number of ether oxygens (including phenoxy) is 2. The second-order valence-corrected chi connectivity index (χ2v) is 3.87. The summed E-state index contributed by atoms with van der Waals surface area (Å²) < 4.78 is 10.6. The van der Waals surface area contributed by atoms with Crippen LogP contribution in [0, 0.1) is 0 Å². The summed E-state index contributed by atoms with van der Waals surface area (Å²) in [7, 11) is 3.63. The number of carbonyl (C=O) groups is 1. The summed E-state index contributed by atoms with van der Waals surface area (Å²) in [6.45, 7) is 1.59. The van der Waals surface area contributed by atoms with Crippen LogP contribution in [0.5, 0.6) is 11.5 Å². The maximum atomic E-state index is 12.2. The van der Waals surface area contributed by atoms with Crippen molar-refractivity contribution in [1.82, 2.24) is 10.2 Å². The summed E-state index contributed by atoms with van der Waals surface area (Å²) >= 11 is 0. The molecule has 1 aliphatic heterocycles. The largest absolute Gasteiger partial charge is 0.454 e. The lowest BCUT2D eigenvalue weighted by Gasteiger charge is -2.17. The Bertz CT molecular complexity index is 420. The summed E-state index contributed by atoms with van der Waals surface area (Å²) in [4.78, 5) is 13.8. The smallest absolute Gasteiger partial charge is 0.257 e. The van der Waals surface area contributed by atoms with Crippen molar-refractivity contribution in [2.45, 2.75) is 0 Å². The van der Waals surface area contributed by atoms with Gasteiger partial charge in [-0.1, -0.05) is 6.07 Å². The maximum absolute atomic E-state index is 12.2. The van der Waals surface area contributed by atoms with Gasteiger partial charge in [0.15, 0.2) is 11.5 Å². The second-order valence-electron chi connectivity index (χ2n) is 3.87. The number of hydrogen-bond donors (Lipinski definition) is 1. The third-order valence-electron chi connectivity index (χ3n) is 2.67. The molecule has 0 saturated carbocycles. The summed E-state index contributed by atoms with van der Waals surface area (Å²) in [5, 5.41) is 3.01. The van der Waals surface area contributed by atoms with E-state index in [-0.39, 0.29) is 12.7 Å². The number of likely N-dealkylation sites (N-methyl/N-ethyl adjacent to an activating group) is 2. The van der Waals surface area contributed by atoms with Crippen LogP contribution >= 0.6 is 0 Å². The van der Waals surface area contributed by atoms with Gasteiger partial charge in [0, 0.05) is 20.1 Å². The van der Waals surface area contributed by atoms with Crippen LogP contribution in [0.15, 0.2) is 18.2 Å². The van der Waals surface area contributed by atoms with E-state index in [0.29, 0.717) is 23.6 Å². The number of benzene rings is 1. The zero-order valence-electron chi connectivity index (χ0n) is 10.0. The molecule has 0 aliphatic carbocycles. The van der Waals surface area contributed by atoms with E-state index in [0.717, 1.165) is 6.54 Å². The SMILES string of the molecule is CNCCN(C)C(=O)c1cccc2c1OCO2. The van der Waals surface area contributed by atoms with Gasteiger partial charge in [-0.25, -0.2) is 0 Å². The van der Waals surface area contributed by atoms with Crippen molar-refractivity contribution in [3.63, 3.8) is 0 Å². The van der Waals surface area contributed by atoms with Crippen molar-refractivity contribution in [3.05, 3.63) is 23.8 Å². The number of hydrogen-bond acceptors (Lipinski definition) is 4. The van der Waals surface area contributed by atoms with Crippen LogP contribution in [-0.4, -0.2) is 44.8 Å². The molecule has 0 spiro atoms. The molecule has 1 N–H and O–H groups in total. The molecule has 5 nitrogen and oxygen atoms in total. The minimum Gasteiger partial charge on any atom is -0.454 e. The van der Waals surface area contributed by atoms with Crippen molar-refractivity contribution in [2.75, 3.05) is 34.0 Å². The van der Waals surface area contributed by atoms with Gasteiger partial charge in [0.05, 0.1) is 5.56 Å². The minimum absolute atomic E-state index is 0.0531. The van der Waals surface area contributed by atoms with Crippen LogP contribution < -0.4 is 14.8 Å². The Morgan fingerprint density at radius 1 is 1.47 bits per heavy atom. The van der Waals surface area contributed by atoms with Crippen LogP contribution in [0.1, 0.15) is 10.4 Å². The van der Waals surface area contributed by atoms with Crippen LogP contribution in [0.4, 0.5) is 0 Å². The molecule has 17 heavy (non-hydrogen) atoms. The predicted octanol–water partition coefficient (Wildman–Crippen LogP) is 0.707. The van der Waals surface area contributed by atoms with E-state index in [4.69, 9.17) is 9.47 Å². The summed E-state index contributed by atoms with van der Waals surface area (Å²) in [5.74, 6) is 1.13. The van der Waals surface area contributed by atoms with Crippen molar-refractivity contribution in [2.24, 2.45) is 0 Å². The fourth-order valence-electron chi connectivity index (χ4n) is 1.69. The minimum atomic E-state index is -0.0531. The predicted molar refractivity (Wildman–Crippen MR) is 63.5 cm³/mol. The molecule has 0 unspecified atom stereocenters. The molecule has 0 atom stereocenters. The Hall–Kier alpha value is -1.75. The van der Waals surface area contributed by atoms with Crippen LogP contribution in [-0.2, 0) is 0 Å². The highest BCUT2D eigenvalue weighted by Crippen LogP contribution is 2.35. The van der Waals surface area contributed by atoms with Gasteiger partial charge < -0.3 is 19.7 Å². The van der Waals surface area contributed by atoms with E-state index in [1.165, 1.54) is 0 Å². The van der Waals surface area contributed by atoms with Crippen molar-refractivity contribution >= 4 is 5.91 Å². The van der Waals surface area contributed by atoms with Crippen molar-refractivity contribution < 1.29 is 14.3 Å². The summed E-state index contributed by atoms with van der Waals surface area (Å²) in [5.41, 5.74) is 0.554.